The maximum Gasteiger partial charge on any atom is 0.222 e. The molecule has 1 aliphatic carbocycles. The van der Waals surface area contributed by atoms with Gasteiger partial charge in [-0.15, -0.1) is 0 Å². The van der Waals surface area contributed by atoms with Gasteiger partial charge in [0.05, 0.1) is 0 Å². The van der Waals surface area contributed by atoms with Crippen LogP contribution < -0.4 is 16.4 Å². The van der Waals surface area contributed by atoms with Crippen molar-refractivity contribution in [1.29, 1.82) is 0 Å². The summed E-state index contributed by atoms with van der Waals surface area (Å²) in [4.78, 5) is 10.8. The highest BCUT2D eigenvalue weighted by molar-refractivity contribution is 5.45. The van der Waals surface area contributed by atoms with Gasteiger partial charge in [0.25, 0.3) is 0 Å². The lowest BCUT2D eigenvalue weighted by molar-refractivity contribution is 0.750. The number of anilines is 2. The molecule has 2 heterocycles. The second kappa shape index (κ2) is 4.14. The molecule has 1 aromatic rings. The molecule has 1 aromatic heterocycles. The van der Waals surface area contributed by atoms with Crippen LogP contribution in [0, 0.1) is 5.92 Å². The highest BCUT2D eigenvalue weighted by Gasteiger charge is 2.24. The number of hydrogen-bond acceptors (Lipinski definition) is 5. The fourth-order valence-corrected chi connectivity index (χ4v) is 2.38. The van der Waals surface area contributed by atoms with Crippen molar-refractivity contribution in [2.45, 2.75) is 31.7 Å². The predicted molar refractivity (Wildman–Crippen MR) is 67.7 cm³/mol. The Hall–Kier alpha value is -1.36. The Morgan fingerprint density at radius 1 is 1.29 bits per heavy atom. The summed E-state index contributed by atoms with van der Waals surface area (Å²) >= 11 is 0. The predicted octanol–water partition coefficient (Wildman–Crippen LogP) is 0.549. The lowest BCUT2D eigenvalue weighted by Crippen LogP contribution is -2.27. The number of nitrogen functional groups attached to an aromatic ring is 1. The zero-order valence-electron chi connectivity index (χ0n) is 9.97. The number of rotatable bonds is 3. The quantitative estimate of drug-likeness (QED) is 0.796. The molecule has 17 heavy (non-hydrogen) atoms. The summed E-state index contributed by atoms with van der Waals surface area (Å²) in [5, 5.41) is 0. The molecule has 3 rings (SSSR count). The third-order valence-electron chi connectivity index (χ3n) is 3.53. The third kappa shape index (κ3) is 2.49. The minimum Gasteiger partial charge on any atom is -0.368 e. The van der Waals surface area contributed by atoms with E-state index in [-0.39, 0.29) is 6.04 Å². The van der Waals surface area contributed by atoms with Crippen molar-refractivity contribution in [2.24, 2.45) is 11.7 Å². The first kappa shape index (κ1) is 10.8. The van der Waals surface area contributed by atoms with Crippen LogP contribution in [0.2, 0.25) is 0 Å². The van der Waals surface area contributed by atoms with Gasteiger partial charge in [0.1, 0.15) is 5.82 Å². The fourth-order valence-electron chi connectivity index (χ4n) is 2.38. The van der Waals surface area contributed by atoms with Gasteiger partial charge in [-0.2, -0.15) is 4.98 Å². The van der Waals surface area contributed by atoms with Crippen LogP contribution >= 0.6 is 0 Å². The molecule has 0 amide bonds. The molecule has 4 N–H and O–H groups in total. The van der Waals surface area contributed by atoms with Crippen LogP contribution in [0.5, 0.6) is 0 Å². The van der Waals surface area contributed by atoms with Crippen LogP contribution in [0.15, 0.2) is 6.07 Å². The van der Waals surface area contributed by atoms with Crippen molar-refractivity contribution >= 4 is 11.8 Å². The van der Waals surface area contributed by atoms with Crippen molar-refractivity contribution in [3.05, 3.63) is 11.8 Å². The average Bonchev–Trinajstić information content (AvgIpc) is 2.97. The van der Waals surface area contributed by atoms with E-state index in [4.69, 9.17) is 11.5 Å². The molecule has 0 spiro atoms. The summed E-state index contributed by atoms with van der Waals surface area (Å²) in [5.41, 5.74) is 12.8. The molecule has 2 aliphatic rings. The Kier molecular flexibility index (Phi) is 2.63. The van der Waals surface area contributed by atoms with E-state index >= 15 is 0 Å². The second-order valence-electron chi connectivity index (χ2n) is 5.22. The van der Waals surface area contributed by atoms with E-state index in [2.05, 4.69) is 20.9 Å². The minimum absolute atomic E-state index is 0.262. The largest absolute Gasteiger partial charge is 0.368 e. The van der Waals surface area contributed by atoms with Gasteiger partial charge in [0.2, 0.25) is 5.95 Å². The van der Waals surface area contributed by atoms with Crippen LogP contribution in [0.1, 0.15) is 25.0 Å². The first-order valence-electron chi connectivity index (χ1n) is 6.34. The maximum atomic E-state index is 5.91. The monoisotopic (exact) mass is 233 g/mol. The summed E-state index contributed by atoms with van der Waals surface area (Å²) in [6.07, 6.45) is 4.73. The standard InChI is InChI=1S/C12H19N5/c13-9-3-4-17(7-9)11-6-10(5-8-1-2-8)15-12(14)16-11/h6,8-9H,1-5,7,13H2,(H2,14,15,16)/t9-/m1/s1. The van der Waals surface area contributed by atoms with Crippen molar-refractivity contribution < 1.29 is 0 Å². The Balaban J connectivity index is 1.80. The summed E-state index contributed by atoms with van der Waals surface area (Å²) in [6.45, 7) is 1.85. The molecule has 1 atom stereocenters. The zero-order chi connectivity index (χ0) is 11.8. The second-order valence-corrected chi connectivity index (χ2v) is 5.22. The first-order chi connectivity index (χ1) is 8.20. The van der Waals surface area contributed by atoms with Gasteiger partial charge in [0.15, 0.2) is 0 Å². The Morgan fingerprint density at radius 3 is 2.76 bits per heavy atom. The van der Waals surface area contributed by atoms with Crippen LogP contribution in [0.4, 0.5) is 11.8 Å². The van der Waals surface area contributed by atoms with E-state index in [1.54, 1.807) is 0 Å². The first-order valence-corrected chi connectivity index (χ1v) is 6.34. The smallest absolute Gasteiger partial charge is 0.222 e. The Morgan fingerprint density at radius 2 is 2.12 bits per heavy atom. The summed E-state index contributed by atoms with van der Waals surface area (Å²) in [6, 6.07) is 2.34. The van der Waals surface area contributed by atoms with E-state index in [9.17, 15) is 0 Å². The van der Waals surface area contributed by atoms with E-state index in [1.165, 1.54) is 12.8 Å². The molecule has 92 valence electrons. The van der Waals surface area contributed by atoms with Crippen molar-refractivity contribution in [2.75, 3.05) is 23.7 Å². The highest BCUT2D eigenvalue weighted by atomic mass is 15.2. The highest BCUT2D eigenvalue weighted by Crippen LogP contribution is 2.32. The van der Waals surface area contributed by atoms with Gasteiger partial charge in [-0.3, -0.25) is 0 Å². The summed E-state index contributed by atoms with van der Waals surface area (Å²) < 4.78 is 0. The van der Waals surface area contributed by atoms with Gasteiger partial charge in [-0.1, -0.05) is 0 Å². The summed E-state index contributed by atoms with van der Waals surface area (Å²) in [5.74, 6) is 2.15. The summed E-state index contributed by atoms with van der Waals surface area (Å²) in [7, 11) is 0. The number of nitrogens with zero attached hydrogens (tertiary/aromatic N) is 3. The lowest BCUT2D eigenvalue weighted by atomic mass is 10.2. The van der Waals surface area contributed by atoms with Crippen molar-refractivity contribution in [3.8, 4) is 0 Å². The van der Waals surface area contributed by atoms with Gasteiger partial charge in [-0.25, -0.2) is 4.98 Å². The fraction of sp³-hybridized carbons (Fsp3) is 0.667. The van der Waals surface area contributed by atoms with Gasteiger partial charge < -0.3 is 16.4 Å². The van der Waals surface area contributed by atoms with Crippen LogP contribution in [0.3, 0.4) is 0 Å². The number of hydrogen-bond donors (Lipinski definition) is 2. The zero-order valence-corrected chi connectivity index (χ0v) is 9.97. The van der Waals surface area contributed by atoms with Crippen molar-refractivity contribution in [1.82, 2.24) is 9.97 Å². The van der Waals surface area contributed by atoms with E-state index < -0.39 is 0 Å². The molecule has 0 aromatic carbocycles. The van der Waals surface area contributed by atoms with Gasteiger partial charge in [-0.05, 0) is 31.6 Å². The molecule has 1 saturated carbocycles. The molecule has 2 fully saturated rings. The average molecular weight is 233 g/mol. The molecule has 1 aliphatic heterocycles. The van der Waals surface area contributed by atoms with Crippen LogP contribution in [-0.4, -0.2) is 29.1 Å². The molecular formula is C12H19N5. The van der Waals surface area contributed by atoms with E-state index in [0.29, 0.717) is 5.95 Å². The molecule has 0 radical (unpaired) electrons. The van der Waals surface area contributed by atoms with E-state index in [0.717, 1.165) is 43.4 Å². The molecule has 0 bridgehead atoms. The van der Waals surface area contributed by atoms with Crippen LogP contribution in [0.25, 0.3) is 0 Å². The molecule has 0 unspecified atom stereocenters. The Bertz CT molecular complexity index is 415. The Labute approximate surface area is 101 Å². The van der Waals surface area contributed by atoms with Gasteiger partial charge >= 0.3 is 0 Å². The molecule has 5 heteroatoms. The van der Waals surface area contributed by atoms with Gasteiger partial charge in [0, 0.05) is 30.9 Å². The minimum atomic E-state index is 0.262. The van der Waals surface area contributed by atoms with Crippen LogP contribution in [-0.2, 0) is 6.42 Å². The molecule has 5 nitrogen and oxygen atoms in total. The molecule has 1 saturated heterocycles. The van der Waals surface area contributed by atoms with Crippen molar-refractivity contribution in [3.63, 3.8) is 0 Å². The van der Waals surface area contributed by atoms with E-state index in [1.807, 2.05) is 0 Å². The third-order valence-corrected chi connectivity index (χ3v) is 3.53. The molecular weight excluding hydrogens is 214 g/mol. The number of nitrogens with two attached hydrogens (primary N) is 2. The maximum absolute atomic E-state index is 5.91. The lowest BCUT2D eigenvalue weighted by Gasteiger charge is -2.17. The normalized spacial score (nSPS) is 24.3. The SMILES string of the molecule is Nc1nc(CC2CC2)cc(N2CC[C@@H](N)C2)n1. The topological polar surface area (TPSA) is 81.1 Å². The number of aromatic nitrogens is 2.